The fourth-order valence-corrected chi connectivity index (χ4v) is 1.28. The minimum Gasteiger partial charge on any atom is -0.403 e. The van der Waals surface area contributed by atoms with E-state index in [1.54, 1.807) is 0 Å². The Balaban J connectivity index is 3.49. The van der Waals surface area contributed by atoms with Crippen molar-refractivity contribution in [2.24, 2.45) is 0 Å². The van der Waals surface area contributed by atoms with E-state index in [-0.39, 0.29) is 6.20 Å². The van der Waals surface area contributed by atoms with Crippen LogP contribution in [0.3, 0.4) is 0 Å². The van der Waals surface area contributed by atoms with Crippen molar-refractivity contribution in [3.63, 3.8) is 0 Å². The highest BCUT2D eigenvalue weighted by atomic mass is 19.4. The Morgan fingerprint density at radius 3 is 2.42 bits per heavy atom. The lowest BCUT2D eigenvalue weighted by molar-refractivity contribution is -0.387. The zero-order chi connectivity index (χ0) is 14.8. The Kier molecular flexibility index (Phi) is 4.19. The maximum absolute atomic E-state index is 12.7. The molecule has 0 bridgehead atoms. The second kappa shape index (κ2) is 5.30. The van der Waals surface area contributed by atoms with Gasteiger partial charge in [-0.15, -0.1) is 13.2 Å². The molecule has 0 aliphatic rings. The topological polar surface area (TPSA) is 85.5 Å². The van der Waals surface area contributed by atoms with Crippen molar-refractivity contribution in [2.45, 2.75) is 19.4 Å². The predicted molar refractivity (Wildman–Crippen MR) is 48.5 cm³/mol. The summed E-state index contributed by atoms with van der Waals surface area (Å²) in [5.74, 6) is -1.48. The lowest BCUT2D eigenvalue weighted by atomic mass is 10.1. The standard InChI is InChI=1S/C8H5F5N2O4/c9-7(10)5-4(19-8(11,12)13)1-14-3(2-16)6(5)15(17)18/h1,7,16H,2H2. The molecular weight excluding hydrogens is 283 g/mol. The second-order valence-corrected chi connectivity index (χ2v) is 3.10. The smallest absolute Gasteiger partial charge is 0.403 e. The van der Waals surface area contributed by atoms with Gasteiger partial charge in [-0.1, -0.05) is 0 Å². The summed E-state index contributed by atoms with van der Waals surface area (Å²) in [5.41, 5.74) is -3.77. The lowest BCUT2D eigenvalue weighted by Crippen LogP contribution is -2.19. The van der Waals surface area contributed by atoms with Gasteiger partial charge in [-0.25, -0.2) is 13.8 Å². The molecule has 0 aliphatic heterocycles. The van der Waals surface area contributed by atoms with Crippen molar-refractivity contribution in [1.82, 2.24) is 4.98 Å². The summed E-state index contributed by atoms with van der Waals surface area (Å²) in [4.78, 5) is 12.3. The highest BCUT2D eigenvalue weighted by Gasteiger charge is 2.38. The summed E-state index contributed by atoms with van der Waals surface area (Å²) in [6.07, 6.45) is -8.67. The van der Waals surface area contributed by atoms with Gasteiger partial charge < -0.3 is 9.84 Å². The molecule has 1 aromatic rings. The van der Waals surface area contributed by atoms with Crippen LogP contribution < -0.4 is 4.74 Å². The first-order valence-corrected chi connectivity index (χ1v) is 4.48. The van der Waals surface area contributed by atoms with Crippen LogP contribution in [-0.2, 0) is 6.61 Å². The van der Waals surface area contributed by atoms with Gasteiger partial charge in [0.2, 0.25) is 0 Å². The molecule has 1 heterocycles. The number of hydrogen-bond donors (Lipinski definition) is 1. The second-order valence-electron chi connectivity index (χ2n) is 3.10. The number of ether oxygens (including phenoxy) is 1. The van der Waals surface area contributed by atoms with E-state index < -0.39 is 47.0 Å². The molecule has 0 aliphatic carbocycles. The third-order valence-corrected chi connectivity index (χ3v) is 1.91. The number of aliphatic hydroxyl groups is 1. The zero-order valence-electron chi connectivity index (χ0n) is 8.82. The van der Waals surface area contributed by atoms with Gasteiger partial charge in [0.25, 0.3) is 6.43 Å². The van der Waals surface area contributed by atoms with Crippen LogP contribution in [0.25, 0.3) is 0 Å². The summed E-state index contributed by atoms with van der Waals surface area (Å²) in [5, 5.41) is 19.3. The molecule has 0 spiro atoms. The number of pyridine rings is 1. The fraction of sp³-hybridized carbons (Fsp3) is 0.375. The molecule has 19 heavy (non-hydrogen) atoms. The fourth-order valence-electron chi connectivity index (χ4n) is 1.28. The van der Waals surface area contributed by atoms with Gasteiger partial charge in [-0.05, 0) is 0 Å². The first-order valence-electron chi connectivity index (χ1n) is 4.48. The third kappa shape index (κ3) is 3.47. The monoisotopic (exact) mass is 288 g/mol. The molecule has 1 rings (SSSR count). The van der Waals surface area contributed by atoms with Crippen LogP contribution in [0.1, 0.15) is 17.7 Å². The molecule has 0 aromatic carbocycles. The first-order chi connectivity index (χ1) is 8.67. The van der Waals surface area contributed by atoms with E-state index in [0.717, 1.165) is 0 Å². The number of hydrogen-bond acceptors (Lipinski definition) is 5. The minimum atomic E-state index is -5.31. The average Bonchev–Trinajstić information content (AvgIpc) is 2.25. The van der Waals surface area contributed by atoms with Gasteiger partial charge in [0.05, 0.1) is 17.7 Å². The van der Waals surface area contributed by atoms with Gasteiger partial charge in [0.1, 0.15) is 11.3 Å². The summed E-state index contributed by atoms with van der Waals surface area (Å²) in [6, 6.07) is 0. The van der Waals surface area contributed by atoms with E-state index in [1.807, 2.05) is 0 Å². The number of rotatable bonds is 4. The van der Waals surface area contributed by atoms with Crippen molar-refractivity contribution >= 4 is 5.69 Å². The Labute approximate surface area is 101 Å². The quantitative estimate of drug-likeness (QED) is 0.522. The van der Waals surface area contributed by atoms with Crippen molar-refractivity contribution in [3.05, 3.63) is 27.6 Å². The van der Waals surface area contributed by atoms with E-state index in [4.69, 9.17) is 5.11 Å². The molecule has 1 N–H and O–H groups in total. The Morgan fingerprint density at radius 1 is 1.47 bits per heavy atom. The van der Waals surface area contributed by atoms with Crippen molar-refractivity contribution in [3.8, 4) is 5.75 Å². The maximum atomic E-state index is 12.7. The zero-order valence-corrected chi connectivity index (χ0v) is 8.82. The molecular formula is C8H5F5N2O4. The van der Waals surface area contributed by atoms with E-state index in [1.165, 1.54) is 0 Å². The third-order valence-electron chi connectivity index (χ3n) is 1.91. The molecule has 11 heteroatoms. The summed E-state index contributed by atoms with van der Waals surface area (Å²) >= 11 is 0. The van der Waals surface area contributed by atoms with E-state index >= 15 is 0 Å². The molecule has 1 aromatic heterocycles. The van der Waals surface area contributed by atoms with Crippen molar-refractivity contribution in [2.75, 3.05) is 0 Å². The molecule has 0 atom stereocenters. The van der Waals surface area contributed by atoms with Crippen LogP contribution in [-0.4, -0.2) is 21.4 Å². The van der Waals surface area contributed by atoms with Crippen LogP contribution in [0.2, 0.25) is 0 Å². The van der Waals surface area contributed by atoms with Crippen molar-refractivity contribution < 1.29 is 36.7 Å². The Morgan fingerprint density at radius 2 is 2.05 bits per heavy atom. The lowest BCUT2D eigenvalue weighted by Gasteiger charge is -2.13. The summed E-state index contributed by atoms with van der Waals surface area (Å²) < 4.78 is 64.6. The van der Waals surface area contributed by atoms with Crippen LogP contribution in [0.4, 0.5) is 27.6 Å². The summed E-state index contributed by atoms with van der Waals surface area (Å²) in [6.45, 7) is -1.08. The molecule has 0 amide bonds. The van der Waals surface area contributed by atoms with Gasteiger partial charge in [-0.2, -0.15) is 0 Å². The normalized spacial score (nSPS) is 11.7. The van der Waals surface area contributed by atoms with E-state index in [2.05, 4.69) is 9.72 Å². The number of halogens is 5. The van der Waals surface area contributed by atoms with Gasteiger partial charge in [0, 0.05) is 0 Å². The van der Waals surface area contributed by atoms with Crippen molar-refractivity contribution in [1.29, 1.82) is 0 Å². The SMILES string of the molecule is O=[N+]([O-])c1c(CO)ncc(OC(F)(F)F)c1C(F)F. The molecule has 0 unspecified atom stereocenters. The van der Waals surface area contributed by atoms with E-state index in [0.29, 0.717) is 0 Å². The molecule has 106 valence electrons. The first kappa shape index (κ1) is 15.0. The highest BCUT2D eigenvalue weighted by molar-refractivity contribution is 5.52. The number of nitro groups is 1. The Hall–Kier alpha value is -2.04. The maximum Gasteiger partial charge on any atom is 0.573 e. The molecule has 0 saturated carbocycles. The van der Waals surface area contributed by atoms with Gasteiger partial charge >= 0.3 is 12.0 Å². The number of aliphatic hydroxyl groups excluding tert-OH is 1. The van der Waals surface area contributed by atoms with Gasteiger partial charge in [0.15, 0.2) is 5.75 Å². The average molecular weight is 288 g/mol. The highest BCUT2D eigenvalue weighted by Crippen LogP contribution is 2.40. The minimum absolute atomic E-state index is 0.244. The summed E-state index contributed by atoms with van der Waals surface area (Å²) in [7, 11) is 0. The molecule has 0 radical (unpaired) electrons. The molecule has 0 saturated heterocycles. The van der Waals surface area contributed by atoms with Crippen LogP contribution in [0.15, 0.2) is 6.20 Å². The number of alkyl halides is 5. The van der Waals surface area contributed by atoms with Gasteiger partial charge in [-0.3, -0.25) is 10.1 Å². The number of nitrogens with zero attached hydrogens (tertiary/aromatic N) is 2. The van der Waals surface area contributed by atoms with Crippen LogP contribution in [0.5, 0.6) is 5.75 Å². The van der Waals surface area contributed by atoms with E-state index in [9.17, 15) is 32.1 Å². The molecule has 6 nitrogen and oxygen atoms in total. The Bertz CT molecular complexity index is 491. The van der Waals surface area contributed by atoms with Crippen LogP contribution in [0, 0.1) is 10.1 Å². The number of aromatic nitrogens is 1. The molecule has 0 fully saturated rings. The predicted octanol–water partition coefficient (Wildman–Crippen LogP) is 2.32. The largest absolute Gasteiger partial charge is 0.573 e. The van der Waals surface area contributed by atoms with Crippen LogP contribution >= 0.6 is 0 Å².